The molecule has 2 heterocycles. The lowest BCUT2D eigenvalue weighted by atomic mass is 9.80. The van der Waals surface area contributed by atoms with Crippen LogP contribution in [0.2, 0.25) is 0 Å². The molecule has 1 spiro atoms. The van der Waals surface area contributed by atoms with Crippen LogP contribution in [-0.2, 0) is 14.9 Å². The Labute approximate surface area is 130 Å². The maximum absolute atomic E-state index is 12.5. The topological polar surface area (TPSA) is 58.6 Å². The van der Waals surface area contributed by atoms with E-state index in [1.165, 1.54) is 0 Å². The van der Waals surface area contributed by atoms with Crippen molar-refractivity contribution >= 4 is 17.7 Å². The largest absolute Gasteiger partial charge is 0.444 e. The monoisotopic (exact) mass is 302 g/mol. The molecule has 5 nitrogen and oxygen atoms in total. The number of anilines is 1. The van der Waals surface area contributed by atoms with Crippen LogP contribution in [-0.4, -0.2) is 35.6 Å². The fraction of sp³-hybridized carbons (Fsp3) is 0.529. The Bertz CT molecular complexity index is 648. The molecule has 0 bridgehead atoms. The molecule has 0 aliphatic carbocycles. The smallest absolute Gasteiger partial charge is 0.410 e. The molecule has 2 aliphatic heterocycles. The minimum Gasteiger partial charge on any atom is -0.444 e. The van der Waals surface area contributed by atoms with Gasteiger partial charge in [0.15, 0.2) is 0 Å². The van der Waals surface area contributed by atoms with Gasteiger partial charge in [-0.1, -0.05) is 17.7 Å². The Kier molecular flexibility index (Phi) is 3.20. The highest BCUT2D eigenvalue weighted by molar-refractivity contribution is 6.07. The van der Waals surface area contributed by atoms with E-state index in [4.69, 9.17) is 4.74 Å². The highest BCUT2D eigenvalue weighted by atomic mass is 16.6. The molecule has 1 unspecified atom stereocenters. The number of benzene rings is 1. The number of fused-ring (bicyclic) bond motifs is 2. The first-order chi connectivity index (χ1) is 10.2. The molecule has 22 heavy (non-hydrogen) atoms. The van der Waals surface area contributed by atoms with E-state index >= 15 is 0 Å². The van der Waals surface area contributed by atoms with Crippen molar-refractivity contribution in [3.8, 4) is 0 Å². The SMILES string of the molecule is Cc1ccc2c(c1)C1(CCN(C(=O)OC(C)(C)C)C1)C(=O)N2. The molecule has 1 N–H and O–H groups in total. The van der Waals surface area contributed by atoms with Crippen LogP contribution in [0.25, 0.3) is 0 Å². The third-order valence-corrected chi connectivity index (χ3v) is 4.29. The first-order valence-electron chi connectivity index (χ1n) is 7.62. The van der Waals surface area contributed by atoms with Crippen molar-refractivity contribution < 1.29 is 14.3 Å². The number of aryl methyl sites for hydroxylation is 1. The van der Waals surface area contributed by atoms with Gasteiger partial charge in [-0.15, -0.1) is 0 Å². The molecule has 0 saturated carbocycles. The number of nitrogens with one attached hydrogen (secondary N) is 1. The van der Waals surface area contributed by atoms with Crippen LogP contribution < -0.4 is 5.32 Å². The zero-order chi connectivity index (χ0) is 16.1. The fourth-order valence-electron chi connectivity index (χ4n) is 3.22. The first-order valence-corrected chi connectivity index (χ1v) is 7.62. The summed E-state index contributed by atoms with van der Waals surface area (Å²) in [6, 6.07) is 5.97. The number of nitrogens with zero attached hydrogens (tertiary/aromatic N) is 1. The summed E-state index contributed by atoms with van der Waals surface area (Å²) in [5.74, 6) is -0.0147. The van der Waals surface area contributed by atoms with Crippen molar-refractivity contribution in [1.82, 2.24) is 4.90 Å². The highest BCUT2D eigenvalue weighted by Crippen LogP contribution is 2.44. The number of rotatable bonds is 0. The van der Waals surface area contributed by atoms with Gasteiger partial charge in [-0.05, 0) is 45.7 Å². The van der Waals surface area contributed by atoms with Crippen molar-refractivity contribution in [2.24, 2.45) is 0 Å². The van der Waals surface area contributed by atoms with Gasteiger partial charge in [0.1, 0.15) is 5.60 Å². The number of hydrogen-bond acceptors (Lipinski definition) is 3. The van der Waals surface area contributed by atoms with E-state index in [2.05, 4.69) is 5.32 Å². The number of carbonyl (C=O) groups excluding carboxylic acids is 2. The average Bonchev–Trinajstić information content (AvgIpc) is 2.94. The van der Waals surface area contributed by atoms with Crippen molar-refractivity contribution in [3.05, 3.63) is 29.3 Å². The van der Waals surface area contributed by atoms with Gasteiger partial charge < -0.3 is 15.0 Å². The molecular weight excluding hydrogens is 280 g/mol. The molecule has 1 saturated heterocycles. The third-order valence-electron chi connectivity index (χ3n) is 4.29. The van der Waals surface area contributed by atoms with Gasteiger partial charge in [0, 0.05) is 18.8 Å². The van der Waals surface area contributed by atoms with E-state index in [-0.39, 0.29) is 12.0 Å². The van der Waals surface area contributed by atoms with E-state index in [1.807, 2.05) is 45.9 Å². The summed E-state index contributed by atoms with van der Waals surface area (Å²) in [5.41, 5.74) is 1.83. The summed E-state index contributed by atoms with van der Waals surface area (Å²) in [5, 5.41) is 2.95. The van der Waals surface area contributed by atoms with Gasteiger partial charge in [-0.3, -0.25) is 4.79 Å². The predicted octanol–water partition coefficient (Wildman–Crippen LogP) is 2.83. The van der Waals surface area contributed by atoms with Crippen LogP contribution in [0.5, 0.6) is 0 Å². The van der Waals surface area contributed by atoms with Gasteiger partial charge in [0.25, 0.3) is 0 Å². The van der Waals surface area contributed by atoms with Crippen molar-refractivity contribution in [2.45, 2.75) is 45.1 Å². The Morgan fingerprint density at radius 2 is 2.09 bits per heavy atom. The molecule has 1 atom stereocenters. The van der Waals surface area contributed by atoms with Gasteiger partial charge >= 0.3 is 6.09 Å². The fourth-order valence-corrected chi connectivity index (χ4v) is 3.22. The normalized spacial score (nSPS) is 23.6. The quantitative estimate of drug-likeness (QED) is 0.801. The van der Waals surface area contributed by atoms with Gasteiger partial charge in [0.05, 0.1) is 5.41 Å². The minimum absolute atomic E-state index is 0.0147. The van der Waals surface area contributed by atoms with Gasteiger partial charge in [-0.2, -0.15) is 0 Å². The number of likely N-dealkylation sites (tertiary alicyclic amines) is 1. The highest BCUT2D eigenvalue weighted by Gasteiger charge is 2.52. The molecule has 5 heteroatoms. The van der Waals surface area contributed by atoms with Crippen LogP contribution >= 0.6 is 0 Å². The van der Waals surface area contributed by atoms with Crippen LogP contribution in [0.1, 0.15) is 38.3 Å². The summed E-state index contributed by atoms with van der Waals surface area (Å²) in [6.07, 6.45) is 0.285. The van der Waals surface area contributed by atoms with Crippen molar-refractivity contribution in [3.63, 3.8) is 0 Å². The molecule has 1 aromatic carbocycles. The molecule has 1 aromatic rings. The lowest BCUT2D eigenvalue weighted by Gasteiger charge is -2.26. The maximum atomic E-state index is 12.5. The molecule has 3 rings (SSSR count). The second-order valence-electron chi connectivity index (χ2n) is 7.24. The zero-order valence-corrected chi connectivity index (χ0v) is 13.5. The van der Waals surface area contributed by atoms with Crippen LogP contribution in [0.15, 0.2) is 18.2 Å². The van der Waals surface area contributed by atoms with E-state index in [1.54, 1.807) is 4.90 Å². The third kappa shape index (κ3) is 2.34. The number of ether oxygens (including phenoxy) is 1. The van der Waals surface area contributed by atoms with Crippen molar-refractivity contribution in [1.29, 1.82) is 0 Å². The summed E-state index contributed by atoms with van der Waals surface area (Å²) < 4.78 is 5.43. The summed E-state index contributed by atoms with van der Waals surface area (Å²) in [7, 11) is 0. The second kappa shape index (κ2) is 4.73. The summed E-state index contributed by atoms with van der Waals surface area (Å²) in [4.78, 5) is 26.4. The molecular formula is C17H22N2O3. The maximum Gasteiger partial charge on any atom is 0.410 e. The van der Waals surface area contributed by atoms with Crippen molar-refractivity contribution in [2.75, 3.05) is 18.4 Å². The van der Waals surface area contributed by atoms with E-state index < -0.39 is 11.0 Å². The second-order valence-corrected chi connectivity index (χ2v) is 7.24. The predicted molar refractivity (Wildman–Crippen MR) is 83.9 cm³/mol. The molecule has 0 radical (unpaired) electrons. The van der Waals surface area contributed by atoms with E-state index in [9.17, 15) is 9.59 Å². The minimum atomic E-state index is -0.627. The first kappa shape index (κ1) is 14.9. The number of hydrogen-bond donors (Lipinski definition) is 1. The Hall–Kier alpha value is -2.04. The van der Waals surface area contributed by atoms with Gasteiger partial charge in [-0.25, -0.2) is 4.79 Å². The zero-order valence-electron chi connectivity index (χ0n) is 13.5. The van der Waals surface area contributed by atoms with Gasteiger partial charge in [0.2, 0.25) is 5.91 Å². The van der Waals surface area contributed by atoms with Crippen LogP contribution in [0.3, 0.4) is 0 Å². The molecule has 1 fully saturated rings. The molecule has 2 aliphatic rings. The van der Waals surface area contributed by atoms with E-state index in [0.29, 0.717) is 19.5 Å². The lowest BCUT2D eigenvalue weighted by molar-refractivity contribution is -0.120. The lowest BCUT2D eigenvalue weighted by Crippen LogP contribution is -2.41. The Morgan fingerprint density at radius 1 is 1.36 bits per heavy atom. The van der Waals surface area contributed by atoms with E-state index in [0.717, 1.165) is 16.8 Å². The molecule has 0 aromatic heterocycles. The summed E-state index contributed by atoms with van der Waals surface area (Å²) in [6.45, 7) is 8.46. The number of amides is 2. The van der Waals surface area contributed by atoms with Crippen LogP contribution in [0.4, 0.5) is 10.5 Å². The number of carbonyl (C=O) groups is 2. The Morgan fingerprint density at radius 3 is 2.77 bits per heavy atom. The molecule has 2 amide bonds. The average molecular weight is 302 g/mol. The standard InChI is InChI=1S/C17H22N2O3/c1-11-5-6-13-12(9-11)17(14(20)18-13)7-8-19(10-17)15(21)22-16(2,3)4/h5-6,9H,7-8,10H2,1-4H3,(H,18,20). The van der Waals surface area contributed by atoms with Crippen LogP contribution in [0, 0.1) is 6.92 Å². The summed E-state index contributed by atoms with van der Waals surface area (Å²) >= 11 is 0. The Balaban J connectivity index is 1.87. The molecule has 118 valence electrons.